The van der Waals surface area contributed by atoms with Gasteiger partial charge in [-0.25, -0.2) is 19.2 Å². The van der Waals surface area contributed by atoms with Crippen molar-refractivity contribution in [3.05, 3.63) is 0 Å². The number of carbonyl (C=O) groups excluding carboxylic acids is 2. The number of rotatable bonds is 13. The minimum absolute atomic E-state index is 0.122. The first-order valence-corrected chi connectivity index (χ1v) is 8.07. The van der Waals surface area contributed by atoms with Crippen molar-refractivity contribution in [1.29, 1.82) is 0 Å². The van der Waals surface area contributed by atoms with E-state index in [0.29, 0.717) is 12.8 Å². The topological polar surface area (TPSA) is 208 Å². The van der Waals surface area contributed by atoms with Gasteiger partial charge in [0.1, 0.15) is 6.10 Å². The Hall–Kier alpha value is -2.28. The van der Waals surface area contributed by atoms with Crippen molar-refractivity contribution in [1.82, 2.24) is 0 Å². The lowest BCUT2D eigenvalue weighted by atomic mass is 10.1. The van der Waals surface area contributed by atoms with E-state index >= 15 is 0 Å². The van der Waals surface area contributed by atoms with Gasteiger partial charge < -0.3 is 40.1 Å². The van der Waals surface area contributed by atoms with E-state index in [4.69, 9.17) is 25.2 Å². The van der Waals surface area contributed by atoms with Gasteiger partial charge in [-0.1, -0.05) is 13.3 Å². The molecule has 0 fully saturated rings. The molecule has 0 aliphatic rings. The molecule has 0 aromatic heterocycles. The molecule has 0 aliphatic carbocycles. The fourth-order valence-electron chi connectivity index (χ4n) is 1.92. The van der Waals surface area contributed by atoms with Crippen LogP contribution in [0.4, 0.5) is 0 Å². The molecule has 5 atom stereocenters. The van der Waals surface area contributed by atoms with Crippen molar-refractivity contribution in [2.75, 3.05) is 6.61 Å². The fraction of sp³-hybridized carbons (Fsp3) is 0.733. The van der Waals surface area contributed by atoms with Crippen LogP contribution in [0.25, 0.3) is 0 Å². The minimum Gasteiger partial charge on any atom is -0.479 e. The zero-order valence-corrected chi connectivity index (χ0v) is 14.6. The molecule has 12 heteroatoms. The molecule has 6 N–H and O–H groups in total. The Morgan fingerprint density at radius 3 is 1.70 bits per heavy atom. The van der Waals surface area contributed by atoms with E-state index in [0.717, 1.165) is 0 Å². The summed E-state index contributed by atoms with van der Waals surface area (Å²) in [4.78, 5) is 44.0. The van der Waals surface area contributed by atoms with Crippen molar-refractivity contribution >= 4 is 23.9 Å². The largest absolute Gasteiger partial charge is 0.479 e. The normalized spacial score (nSPS) is 16.5. The first kappa shape index (κ1) is 24.7. The average Bonchev–Trinajstić information content (AvgIpc) is 2.61. The molecule has 0 radical (unpaired) electrons. The van der Waals surface area contributed by atoms with E-state index in [-0.39, 0.29) is 19.4 Å². The van der Waals surface area contributed by atoms with E-state index in [1.807, 2.05) is 0 Å². The molecular formula is C15H24O12. The highest BCUT2D eigenvalue weighted by molar-refractivity contribution is 5.84. The summed E-state index contributed by atoms with van der Waals surface area (Å²) in [5, 5.41) is 53.8. The molecule has 0 aromatic rings. The summed E-state index contributed by atoms with van der Waals surface area (Å²) < 4.78 is 9.53. The van der Waals surface area contributed by atoms with Gasteiger partial charge in [0, 0.05) is 0 Å². The average molecular weight is 396 g/mol. The maximum atomic E-state index is 11.6. The smallest absolute Gasteiger partial charge is 0.338 e. The van der Waals surface area contributed by atoms with Crippen LogP contribution in [0.5, 0.6) is 0 Å². The first-order chi connectivity index (χ1) is 12.5. The van der Waals surface area contributed by atoms with Crippen molar-refractivity contribution in [2.45, 2.75) is 63.1 Å². The number of carboxylic acid groups (broad SMARTS) is 2. The minimum atomic E-state index is -2.33. The van der Waals surface area contributed by atoms with Crippen LogP contribution >= 0.6 is 0 Å². The standard InChI is InChI=1S/C15H24O12/c1-2-4-7(27-15(25)11(19)9(17)13(22)23)5-3-6-26-14(24)10(18)8(16)12(20)21/h7-11,16-19H,2-6H2,1H3,(H,20,21)(H,22,23). The Labute approximate surface area is 153 Å². The van der Waals surface area contributed by atoms with Crippen LogP contribution in [0, 0.1) is 0 Å². The molecule has 0 bridgehead atoms. The maximum Gasteiger partial charge on any atom is 0.338 e. The van der Waals surface area contributed by atoms with Crippen LogP contribution in [0.2, 0.25) is 0 Å². The number of aliphatic hydroxyl groups is 4. The zero-order valence-electron chi connectivity index (χ0n) is 14.6. The summed E-state index contributed by atoms with van der Waals surface area (Å²) in [6.07, 6.45) is -8.75. The Morgan fingerprint density at radius 1 is 0.778 bits per heavy atom. The number of aliphatic hydroxyl groups excluding tert-OH is 4. The Kier molecular flexibility index (Phi) is 11.1. The van der Waals surface area contributed by atoms with Gasteiger partial charge in [0.2, 0.25) is 0 Å². The van der Waals surface area contributed by atoms with Crippen LogP contribution in [-0.2, 0) is 28.7 Å². The fourth-order valence-corrected chi connectivity index (χ4v) is 1.92. The van der Waals surface area contributed by atoms with Gasteiger partial charge >= 0.3 is 23.9 Å². The van der Waals surface area contributed by atoms with Gasteiger partial charge in [-0.15, -0.1) is 0 Å². The van der Waals surface area contributed by atoms with Gasteiger partial charge in [0.25, 0.3) is 0 Å². The van der Waals surface area contributed by atoms with E-state index in [1.165, 1.54) is 0 Å². The molecule has 12 nitrogen and oxygen atoms in total. The lowest BCUT2D eigenvalue weighted by Gasteiger charge is -2.20. The van der Waals surface area contributed by atoms with Crippen molar-refractivity contribution < 1.29 is 59.3 Å². The highest BCUT2D eigenvalue weighted by Crippen LogP contribution is 2.12. The molecule has 0 heterocycles. The van der Waals surface area contributed by atoms with Crippen LogP contribution in [-0.4, -0.2) is 91.6 Å². The zero-order chi connectivity index (χ0) is 21.1. The molecule has 0 saturated carbocycles. The van der Waals surface area contributed by atoms with Gasteiger partial charge in [-0.2, -0.15) is 0 Å². The lowest BCUT2D eigenvalue weighted by molar-refractivity contribution is -0.174. The second-order valence-corrected chi connectivity index (χ2v) is 5.61. The number of hydrogen-bond donors (Lipinski definition) is 6. The van der Waals surface area contributed by atoms with Crippen LogP contribution in [0.3, 0.4) is 0 Å². The molecule has 0 amide bonds. The molecule has 5 unspecified atom stereocenters. The molecule has 0 saturated heterocycles. The highest BCUT2D eigenvalue weighted by Gasteiger charge is 2.33. The summed E-state index contributed by atoms with van der Waals surface area (Å²) in [5.74, 6) is -6.24. The summed E-state index contributed by atoms with van der Waals surface area (Å²) in [6, 6.07) is 0. The summed E-state index contributed by atoms with van der Waals surface area (Å²) in [5.41, 5.74) is 0. The number of esters is 2. The predicted octanol–water partition coefficient (Wildman–Crippen LogP) is -2.37. The predicted molar refractivity (Wildman–Crippen MR) is 84.3 cm³/mol. The summed E-state index contributed by atoms with van der Waals surface area (Å²) in [7, 11) is 0. The van der Waals surface area contributed by atoms with Crippen LogP contribution < -0.4 is 0 Å². The van der Waals surface area contributed by atoms with E-state index in [9.17, 15) is 29.4 Å². The third kappa shape index (κ3) is 8.77. The number of aliphatic carboxylic acids is 2. The second kappa shape index (κ2) is 12.2. The Balaban J connectivity index is 4.44. The Bertz CT molecular complexity index is 519. The molecule has 0 rings (SSSR count). The summed E-state index contributed by atoms with van der Waals surface area (Å²) in [6.45, 7) is 1.49. The SMILES string of the molecule is CCCC(CCCOC(=O)C(O)C(O)C(=O)O)OC(=O)C(O)C(O)C(=O)O. The van der Waals surface area contributed by atoms with Crippen LogP contribution in [0.15, 0.2) is 0 Å². The van der Waals surface area contributed by atoms with E-state index < -0.39 is 54.4 Å². The molecule has 27 heavy (non-hydrogen) atoms. The van der Waals surface area contributed by atoms with Gasteiger partial charge in [0.05, 0.1) is 6.61 Å². The van der Waals surface area contributed by atoms with E-state index in [1.54, 1.807) is 6.92 Å². The summed E-state index contributed by atoms with van der Waals surface area (Å²) >= 11 is 0. The number of ether oxygens (including phenoxy) is 2. The molecule has 156 valence electrons. The van der Waals surface area contributed by atoms with Crippen LogP contribution in [0.1, 0.15) is 32.6 Å². The third-order valence-electron chi connectivity index (χ3n) is 3.40. The van der Waals surface area contributed by atoms with Gasteiger partial charge in [-0.3, -0.25) is 0 Å². The highest BCUT2D eigenvalue weighted by atomic mass is 16.6. The quantitative estimate of drug-likeness (QED) is 0.143. The van der Waals surface area contributed by atoms with Crippen molar-refractivity contribution in [2.24, 2.45) is 0 Å². The van der Waals surface area contributed by atoms with Crippen molar-refractivity contribution in [3.63, 3.8) is 0 Å². The molecular weight excluding hydrogens is 372 g/mol. The first-order valence-electron chi connectivity index (χ1n) is 8.07. The number of carboxylic acids is 2. The second-order valence-electron chi connectivity index (χ2n) is 5.61. The maximum absolute atomic E-state index is 11.6. The van der Waals surface area contributed by atoms with Crippen molar-refractivity contribution in [3.8, 4) is 0 Å². The lowest BCUT2D eigenvalue weighted by Crippen LogP contribution is -2.42. The van der Waals surface area contributed by atoms with Gasteiger partial charge in [0.15, 0.2) is 24.4 Å². The van der Waals surface area contributed by atoms with Gasteiger partial charge in [-0.05, 0) is 19.3 Å². The molecule has 0 aromatic carbocycles. The molecule has 0 aliphatic heterocycles. The monoisotopic (exact) mass is 396 g/mol. The number of carbonyl (C=O) groups is 4. The van der Waals surface area contributed by atoms with E-state index in [2.05, 4.69) is 4.74 Å². The molecule has 0 spiro atoms. The number of hydrogen-bond acceptors (Lipinski definition) is 10. The third-order valence-corrected chi connectivity index (χ3v) is 3.40. The Morgan fingerprint density at radius 2 is 1.26 bits per heavy atom.